The van der Waals surface area contributed by atoms with Crippen LogP contribution in [0.25, 0.3) is 0 Å². The second-order valence-corrected chi connectivity index (χ2v) is 6.57. The molecule has 2 N–H and O–H groups in total. The van der Waals surface area contributed by atoms with E-state index in [-0.39, 0.29) is 11.9 Å². The number of esters is 1. The number of rotatable bonds is 6. The minimum atomic E-state index is -0.417. The highest BCUT2D eigenvalue weighted by atomic mass is 16.5. The van der Waals surface area contributed by atoms with Crippen LogP contribution in [0.15, 0.2) is 54.6 Å². The van der Waals surface area contributed by atoms with Crippen molar-refractivity contribution in [3.63, 3.8) is 0 Å². The van der Waals surface area contributed by atoms with Gasteiger partial charge in [0.05, 0.1) is 25.9 Å². The Morgan fingerprint density at radius 1 is 1.04 bits per heavy atom. The highest BCUT2D eigenvalue weighted by molar-refractivity contribution is 5.96. The van der Waals surface area contributed by atoms with E-state index in [1.54, 1.807) is 24.3 Å². The van der Waals surface area contributed by atoms with Gasteiger partial charge < -0.3 is 19.7 Å². The number of amides is 1. The first-order chi connectivity index (χ1) is 13.2. The second kappa shape index (κ2) is 9.30. The van der Waals surface area contributed by atoms with Crippen molar-refractivity contribution in [2.24, 2.45) is 0 Å². The molecule has 0 aliphatic carbocycles. The van der Waals surface area contributed by atoms with Gasteiger partial charge in [-0.1, -0.05) is 30.3 Å². The molecule has 0 bridgehead atoms. The monoisotopic (exact) mass is 369 g/mol. The highest BCUT2D eigenvalue weighted by Gasteiger charge is 2.23. The number of carbonyl (C=O) groups is 2. The molecule has 1 aliphatic rings. The summed E-state index contributed by atoms with van der Waals surface area (Å²) in [7, 11) is 1.33. The largest absolute Gasteiger partial charge is 0.465 e. The SMILES string of the molecule is COC(=O)c1ccc(C(=O)N[C@H](C[NH+]2CCOCC2)c2ccccc2)cc1. The van der Waals surface area contributed by atoms with Gasteiger partial charge in [-0.05, 0) is 29.8 Å². The molecule has 1 atom stereocenters. The van der Waals surface area contributed by atoms with Gasteiger partial charge in [0, 0.05) is 5.56 Å². The van der Waals surface area contributed by atoms with Crippen molar-refractivity contribution in [2.75, 3.05) is 40.0 Å². The lowest BCUT2D eigenvalue weighted by Gasteiger charge is -2.28. The number of hydrogen-bond acceptors (Lipinski definition) is 4. The van der Waals surface area contributed by atoms with Crippen LogP contribution in [-0.4, -0.2) is 51.8 Å². The number of nitrogens with one attached hydrogen (secondary N) is 2. The Morgan fingerprint density at radius 3 is 2.30 bits per heavy atom. The number of benzene rings is 2. The predicted octanol–water partition coefficient (Wildman–Crippen LogP) is 0.859. The first-order valence-electron chi connectivity index (χ1n) is 9.13. The summed E-state index contributed by atoms with van der Waals surface area (Å²) in [6, 6.07) is 16.4. The number of morpholine rings is 1. The third-order valence-corrected chi connectivity index (χ3v) is 4.77. The predicted molar refractivity (Wildman–Crippen MR) is 101 cm³/mol. The molecular formula is C21H25N2O4+. The third kappa shape index (κ3) is 5.15. The fraction of sp³-hybridized carbons (Fsp3) is 0.333. The van der Waals surface area contributed by atoms with Crippen LogP contribution in [-0.2, 0) is 9.47 Å². The molecule has 0 unspecified atom stereocenters. The van der Waals surface area contributed by atoms with Crippen molar-refractivity contribution in [2.45, 2.75) is 6.04 Å². The van der Waals surface area contributed by atoms with Gasteiger partial charge in [-0.25, -0.2) is 4.79 Å². The van der Waals surface area contributed by atoms with E-state index in [9.17, 15) is 9.59 Å². The van der Waals surface area contributed by atoms with E-state index >= 15 is 0 Å². The zero-order chi connectivity index (χ0) is 19.1. The molecule has 1 saturated heterocycles. The molecule has 1 heterocycles. The van der Waals surface area contributed by atoms with E-state index in [2.05, 4.69) is 5.32 Å². The van der Waals surface area contributed by atoms with Crippen molar-refractivity contribution in [3.8, 4) is 0 Å². The number of ether oxygens (including phenoxy) is 2. The molecule has 6 heteroatoms. The quantitative estimate of drug-likeness (QED) is 0.741. The van der Waals surface area contributed by atoms with E-state index < -0.39 is 5.97 Å². The van der Waals surface area contributed by atoms with E-state index in [1.807, 2.05) is 30.3 Å². The highest BCUT2D eigenvalue weighted by Crippen LogP contribution is 2.13. The van der Waals surface area contributed by atoms with Crippen LogP contribution < -0.4 is 10.2 Å². The van der Waals surface area contributed by atoms with Crippen molar-refractivity contribution in [3.05, 3.63) is 71.3 Å². The minimum Gasteiger partial charge on any atom is -0.465 e. The molecule has 2 aromatic rings. The average Bonchev–Trinajstić information content (AvgIpc) is 2.74. The van der Waals surface area contributed by atoms with Crippen molar-refractivity contribution >= 4 is 11.9 Å². The molecule has 1 fully saturated rings. The van der Waals surface area contributed by atoms with Gasteiger partial charge in [0.25, 0.3) is 5.91 Å². The van der Waals surface area contributed by atoms with E-state index in [4.69, 9.17) is 9.47 Å². The molecule has 6 nitrogen and oxygen atoms in total. The van der Waals surface area contributed by atoms with Gasteiger partial charge >= 0.3 is 5.97 Å². The summed E-state index contributed by atoms with van der Waals surface area (Å²) in [5.74, 6) is -0.576. The molecule has 0 spiro atoms. The Bertz CT molecular complexity index is 756. The van der Waals surface area contributed by atoms with Crippen LogP contribution in [0.2, 0.25) is 0 Å². The first kappa shape index (κ1) is 19.1. The van der Waals surface area contributed by atoms with E-state index in [1.165, 1.54) is 12.0 Å². The smallest absolute Gasteiger partial charge is 0.337 e. The van der Waals surface area contributed by atoms with Crippen molar-refractivity contribution in [1.29, 1.82) is 0 Å². The standard InChI is InChI=1S/C21H24N2O4/c1-26-21(25)18-9-7-17(8-10-18)20(24)22-19(16-5-3-2-4-6-16)15-23-11-13-27-14-12-23/h2-10,19H,11-15H2,1H3,(H,22,24)/p+1/t19-/m1/s1. The van der Waals surface area contributed by atoms with Crippen LogP contribution in [0.5, 0.6) is 0 Å². The summed E-state index contributed by atoms with van der Waals surface area (Å²) in [5, 5.41) is 3.14. The van der Waals surface area contributed by atoms with Crippen LogP contribution in [0.3, 0.4) is 0 Å². The Balaban J connectivity index is 1.72. The van der Waals surface area contributed by atoms with Gasteiger partial charge in [-0.2, -0.15) is 0 Å². The number of methoxy groups -OCH3 is 1. The number of hydrogen-bond donors (Lipinski definition) is 2. The van der Waals surface area contributed by atoms with Gasteiger partial charge in [0.2, 0.25) is 0 Å². The molecule has 0 radical (unpaired) electrons. The van der Waals surface area contributed by atoms with E-state index in [0.717, 1.165) is 38.4 Å². The van der Waals surface area contributed by atoms with Crippen molar-refractivity contribution in [1.82, 2.24) is 5.32 Å². The topological polar surface area (TPSA) is 69.1 Å². The van der Waals surface area contributed by atoms with Crippen LogP contribution >= 0.6 is 0 Å². The zero-order valence-electron chi connectivity index (χ0n) is 15.4. The molecule has 1 aliphatic heterocycles. The second-order valence-electron chi connectivity index (χ2n) is 6.57. The summed E-state index contributed by atoms with van der Waals surface area (Å²) in [6.07, 6.45) is 0. The molecule has 142 valence electrons. The molecule has 1 amide bonds. The van der Waals surface area contributed by atoms with Gasteiger partial charge in [-0.15, -0.1) is 0 Å². The molecule has 2 aromatic carbocycles. The summed E-state index contributed by atoms with van der Waals surface area (Å²) in [4.78, 5) is 25.7. The summed E-state index contributed by atoms with van der Waals surface area (Å²) in [5.41, 5.74) is 2.02. The zero-order valence-corrected chi connectivity index (χ0v) is 15.4. The Labute approximate surface area is 159 Å². The molecular weight excluding hydrogens is 344 g/mol. The maximum atomic E-state index is 12.8. The lowest BCUT2D eigenvalue weighted by atomic mass is 10.0. The lowest BCUT2D eigenvalue weighted by molar-refractivity contribution is -0.909. The van der Waals surface area contributed by atoms with Crippen molar-refractivity contribution < 1.29 is 24.0 Å². The fourth-order valence-corrected chi connectivity index (χ4v) is 3.21. The van der Waals surface area contributed by atoms with E-state index in [0.29, 0.717) is 11.1 Å². The summed E-state index contributed by atoms with van der Waals surface area (Å²) >= 11 is 0. The van der Waals surface area contributed by atoms with Crippen LogP contribution in [0.1, 0.15) is 32.3 Å². The number of carbonyl (C=O) groups excluding carboxylic acids is 2. The Kier molecular flexibility index (Phi) is 6.57. The molecule has 27 heavy (non-hydrogen) atoms. The third-order valence-electron chi connectivity index (χ3n) is 4.77. The molecule has 0 aromatic heterocycles. The maximum absolute atomic E-state index is 12.8. The lowest BCUT2D eigenvalue weighted by Crippen LogP contribution is -3.14. The van der Waals surface area contributed by atoms with Gasteiger partial charge in [0.1, 0.15) is 25.7 Å². The summed E-state index contributed by atoms with van der Waals surface area (Å²) in [6.45, 7) is 4.18. The van der Waals surface area contributed by atoms with Crippen LogP contribution in [0.4, 0.5) is 0 Å². The van der Waals surface area contributed by atoms with Gasteiger partial charge in [-0.3, -0.25) is 4.79 Å². The van der Waals surface area contributed by atoms with Crippen LogP contribution in [0, 0.1) is 0 Å². The number of quaternary nitrogens is 1. The average molecular weight is 369 g/mol. The normalized spacial score (nSPS) is 15.7. The Morgan fingerprint density at radius 2 is 1.67 bits per heavy atom. The minimum absolute atomic E-state index is 0.0907. The molecule has 3 rings (SSSR count). The summed E-state index contributed by atoms with van der Waals surface area (Å²) < 4.78 is 10.1. The fourth-order valence-electron chi connectivity index (χ4n) is 3.21. The Hall–Kier alpha value is -2.70. The maximum Gasteiger partial charge on any atom is 0.337 e. The van der Waals surface area contributed by atoms with Gasteiger partial charge in [0.15, 0.2) is 0 Å². The molecule has 0 saturated carbocycles. The first-order valence-corrected chi connectivity index (χ1v) is 9.13.